The highest BCUT2D eigenvalue weighted by Gasteiger charge is 2.34. The van der Waals surface area contributed by atoms with Crippen LogP contribution in [0.15, 0.2) is 59.9 Å². The monoisotopic (exact) mass is 559 g/mol. The maximum absolute atomic E-state index is 14.2. The number of carbonyl (C=O) groups excluding carboxylic acids is 1. The molecular weight excluding hydrogens is 534 g/mol. The van der Waals surface area contributed by atoms with E-state index in [1.54, 1.807) is 18.0 Å². The van der Waals surface area contributed by atoms with Crippen LogP contribution in [-0.4, -0.2) is 69.5 Å². The number of nitrogens with one attached hydrogen (secondary N) is 1. The second-order valence-corrected chi connectivity index (χ2v) is 10.1. The fourth-order valence-electron chi connectivity index (χ4n) is 4.49. The molecule has 1 fully saturated rings. The number of alkyl halides is 3. The van der Waals surface area contributed by atoms with E-state index in [0.717, 1.165) is 22.6 Å². The Morgan fingerprint density at radius 2 is 1.90 bits per heavy atom. The Bertz CT molecular complexity index is 1490. The zero-order chi connectivity index (χ0) is 27.7. The number of hydrogen-bond donors (Lipinski definition) is 1. The number of rotatable bonds is 6. The fourth-order valence-corrected chi connectivity index (χ4v) is 4.89. The summed E-state index contributed by atoms with van der Waals surface area (Å²) in [5.41, 5.74) is 0.0721. The molecule has 5 rings (SSSR count). The van der Waals surface area contributed by atoms with Gasteiger partial charge in [-0.3, -0.25) is 9.69 Å². The number of likely N-dealkylation sites (N-methyl/N-ethyl adjacent to an activating group) is 1. The van der Waals surface area contributed by atoms with Crippen LogP contribution in [-0.2, 0) is 17.5 Å². The van der Waals surface area contributed by atoms with Gasteiger partial charge < -0.3 is 10.2 Å². The van der Waals surface area contributed by atoms with E-state index in [0.29, 0.717) is 49.1 Å². The van der Waals surface area contributed by atoms with E-state index in [-0.39, 0.29) is 11.6 Å². The summed E-state index contributed by atoms with van der Waals surface area (Å²) in [5, 5.41) is 7.87. The van der Waals surface area contributed by atoms with Crippen LogP contribution in [0.3, 0.4) is 0 Å². The lowest BCUT2D eigenvalue weighted by Crippen LogP contribution is -2.57. The van der Waals surface area contributed by atoms with Crippen LogP contribution in [0.25, 0.3) is 16.7 Å². The zero-order valence-electron chi connectivity index (χ0n) is 21.1. The summed E-state index contributed by atoms with van der Waals surface area (Å²) < 4.78 is 54.4. The minimum Gasteiger partial charge on any atom is -0.353 e. The van der Waals surface area contributed by atoms with E-state index >= 15 is 0 Å². The molecule has 39 heavy (non-hydrogen) atoms. The number of piperazine rings is 1. The number of carbonyl (C=O) groups is 1. The van der Waals surface area contributed by atoms with Crippen molar-refractivity contribution < 1.29 is 22.4 Å². The van der Waals surface area contributed by atoms with Crippen LogP contribution >= 0.6 is 11.8 Å². The number of benzene rings is 2. The molecule has 0 bridgehead atoms. The molecule has 0 saturated carbocycles. The van der Waals surface area contributed by atoms with Gasteiger partial charge in [0, 0.05) is 43.3 Å². The van der Waals surface area contributed by atoms with Crippen LogP contribution in [0.1, 0.15) is 11.1 Å². The molecule has 8 nitrogen and oxygen atoms in total. The van der Waals surface area contributed by atoms with E-state index in [9.17, 15) is 22.4 Å². The lowest BCUT2D eigenvalue weighted by molar-refractivity contribution is -0.140. The van der Waals surface area contributed by atoms with Crippen LogP contribution < -0.4 is 10.2 Å². The molecule has 1 N–H and O–H groups in total. The van der Waals surface area contributed by atoms with E-state index in [1.165, 1.54) is 11.0 Å². The number of thioether (sulfide) groups is 1. The molecule has 204 valence electrons. The quantitative estimate of drug-likeness (QED) is 0.281. The molecule has 1 aliphatic heterocycles. The summed E-state index contributed by atoms with van der Waals surface area (Å²) in [6.45, 7) is 1.96. The number of anilines is 1. The van der Waals surface area contributed by atoms with E-state index in [1.807, 2.05) is 47.4 Å². The summed E-state index contributed by atoms with van der Waals surface area (Å²) in [5.74, 6) is -0.964. The Morgan fingerprint density at radius 1 is 1.13 bits per heavy atom. The minimum absolute atomic E-state index is 0.114. The maximum Gasteiger partial charge on any atom is 0.419 e. The van der Waals surface area contributed by atoms with Crippen molar-refractivity contribution >= 4 is 34.5 Å². The zero-order valence-corrected chi connectivity index (χ0v) is 21.9. The summed E-state index contributed by atoms with van der Waals surface area (Å²) in [7, 11) is 1.89. The molecule has 1 amide bonds. The van der Waals surface area contributed by atoms with Crippen molar-refractivity contribution in [3.05, 3.63) is 71.9 Å². The van der Waals surface area contributed by atoms with Gasteiger partial charge in [0.05, 0.1) is 16.6 Å². The first-order valence-corrected chi connectivity index (χ1v) is 13.3. The highest BCUT2D eigenvalue weighted by Crippen LogP contribution is 2.32. The van der Waals surface area contributed by atoms with Crippen molar-refractivity contribution in [1.29, 1.82) is 0 Å². The Morgan fingerprint density at radius 3 is 2.59 bits per heavy atom. The Hall–Kier alpha value is -3.71. The molecule has 1 atom stereocenters. The van der Waals surface area contributed by atoms with Crippen LogP contribution in [0.5, 0.6) is 0 Å². The molecule has 2 aromatic carbocycles. The summed E-state index contributed by atoms with van der Waals surface area (Å²) in [4.78, 5) is 26.8. The average Bonchev–Trinajstić information content (AvgIpc) is 3.36. The highest BCUT2D eigenvalue weighted by atomic mass is 32.2. The number of hydrogen-bond acceptors (Lipinski definition) is 7. The van der Waals surface area contributed by atoms with E-state index in [4.69, 9.17) is 0 Å². The fraction of sp³-hybridized carbons (Fsp3) is 0.308. The number of halogens is 4. The molecule has 4 aromatic rings. The molecule has 2 aromatic heterocycles. The maximum atomic E-state index is 14.2. The first kappa shape index (κ1) is 26.9. The molecule has 1 saturated heterocycles. The molecule has 0 unspecified atom stereocenters. The van der Waals surface area contributed by atoms with Gasteiger partial charge >= 0.3 is 6.18 Å². The van der Waals surface area contributed by atoms with Gasteiger partial charge in [0.15, 0.2) is 5.65 Å². The second-order valence-electron chi connectivity index (χ2n) is 9.18. The Labute approximate surface area is 226 Å². The number of aromatic nitrogens is 4. The molecule has 0 aliphatic carbocycles. The predicted molar refractivity (Wildman–Crippen MR) is 140 cm³/mol. The normalized spacial score (nSPS) is 16.6. The third-order valence-electron chi connectivity index (χ3n) is 6.69. The van der Waals surface area contributed by atoms with E-state index < -0.39 is 23.6 Å². The molecule has 13 heteroatoms. The largest absolute Gasteiger partial charge is 0.419 e. The topological polar surface area (TPSA) is 79.2 Å². The Balaban J connectivity index is 1.35. The van der Waals surface area contributed by atoms with Gasteiger partial charge in [0.1, 0.15) is 24.0 Å². The van der Waals surface area contributed by atoms with Crippen LogP contribution in [0, 0.1) is 5.82 Å². The smallest absolute Gasteiger partial charge is 0.353 e. The van der Waals surface area contributed by atoms with Crippen molar-refractivity contribution in [2.45, 2.75) is 23.7 Å². The summed E-state index contributed by atoms with van der Waals surface area (Å²) in [6, 6.07) is 10.2. The lowest BCUT2D eigenvalue weighted by atomic mass is 10.1. The van der Waals surface area contributed by atoms with Crippen molar-refractivity contribution in [3.63, 3.8) is 0 Å². The SMILES string of the molecule is CSc1ccc(CNC(=O)[C@@H]2CN(c3ncnc4nn(-c5ccc(C(F)(F)F)c(F)c5)cc34)CCN2C)cc1. The first-order chi connectivity index (χ1) is 18.6. The summed E-state index contributed by atoms with van der Waals surface area (Å²) >= 11 is 1.65. The van der Waals surface area contributed by atoms with E-state index in [2.05, 4.69) is 20.4 Å². The van der Waals surface area contributed by atoms with Crippen molar-refractivity contribution in [1.82, 2.24) is 30.0 Å². The molecule has 3 heterocycles. The van der Waals surface area contributed by atoms with Crippen LogP contribution in [0.2, 0.25) is 0 Å². The Kier molecular flexibility index (Phi) is 7.45. The number of amides is 1. The van der Waals surface area contributed by atoms with Crippen LogP contribution in [0.4, 0.5) is 23.4 Å². The third-order valence-corrected chi connectivity index (χ3v) is 7.44. The highest BCUT2D eigenvalue weighted by molar-refractivity contribution is 7.98. The lowest BCUT2D eigenvalue weighted by Gasteiger charge is -2.39. The second kappa shape index (κ2) is 10.8. The predicted octanol–water partition coefficient (Wildman–Crippen LogP) is 4.13. The molecule has 0 radical (unpaired) electrons. The van der Waals surface area contributed by atoms with Gasteiger partial charge in [0.2, 0.25) is 5.91 Å². The first-order valence-electron chi connectivity index (χ1n) is 12.1. The van der Waals surface area contributed by atoms with Gasteiger partial charge in [-0.2, -0.15) is 13.2 Å². The summed E-state index contributed by atoms with van der Waals surface area (Å²) in [6.07, 6.45) is 0.109. The average molecular weight is 560 g/mol. The number of fused-ring (bicyclic) bond motifs is 1. The van der Waals surface area contributed by atoms with Gasteiger partial charge in [0.25, 0.3) is 0 Å². The minimum atomic E-state index is -4.79. The molecular formula is C26H25F4N7OS. The number of nitrogens with zero attached hydrogens (tertiary/aromatic N) is 6. The van der Waals surface area contributed by atoms with Gasteiger partial charge in [-0.05, 0) is 43.1 Å². The molecule has 0 spiro atoms. The third kappa shape index (κ3) is 5.69. The van der Waals surface area contributed by atoms with Gasteiger partial charge in [-0.25, -0.2) is 19.0 Å². The van der Waals surface area contributed by atoms with Crippen molar-refractivity contribution in [2.24, 2.45) is 0 Å². The van der Waals surface area contributed by atoms with Crippen molar-refractivity contribution in [2.75, 3.05) is 37.8 Å². The van der Waals surface area contributed by atoms with Gasteiger partial charge in [-0.1, -0.05) is 12.1 Å². The standard InChI is InChI=1S/C26H25F4N7OS/c1-35-9-10-36(14-22(35)25(38)31-12-16-3-6-18(39-2)7-4-16)24-19-13-37(34-23(19)32-15-33-24)17-5-8-20(21(27)11-17)26(28,29)30/h3-8,11,13,15,22H,9-10,12,14H2,1-2H3,(H,31,38)/t22-/m0/s1. The molecule has 1 aliphatic rings. The van der Waals surface area contributed by atoms with Crippen molar-refractivity contribution in [3.8, 4) is 5.69 Å². The van der Waals surface area contributed by atoms with Gasteiger partial charge in [-0.15, -0.1) is 16.9 Å².